The maximum Gasteiger partial charge on any atom is 0.264 e. The van der Waals surface area contributed by atoms with Gasteiger partial charge in [0.2, 0.25) is 11.8 Å². The topological polar surface area (TPSA) is 86.8 Å². The van der Waals surface area contributed by atoms with Crippen molar-refractivity contribution in [2.45, 2.75) is 69.5 Å². The van der Waals surface area contributed by atoms with E-state index >= 15 is 0 Å². The molecule has 3 aromatic rings. The molecule has 1 unspecified atom stereocenters. The number of anilines is 1. The van der Waals surface area contributed by atoms with Crippen LogP contribution in [-0.4, -0.2) is 43.8 Å². The van der Waals surface area contributed by atoms with E-state index < -0.39 is 28.5 Å². The Labute approximate surface area is 256 Å². The first kappa shape index (κ1) is 31.1. The van der Waals surface area contributed by atoms with Crippen molar-refractivity contribution in [2.24, 2.45) is 0 Å². The van der Waals surface area contributed by atoms with Gasteiger partial charge in [0.05, 0.1) is 15.6 Å². The maximum atomic E-state index is 14.1. The molecule has 2 amide bonds. The third-order valence-corrected chi connectivity index (χ3v) is 9.96. The quantitative estimate of drug-likeness (QED) is 0.270. The lowest BCUT2D eigenvalue weighted by molar-refractivity contribution is -0.139. The number of para-hydroxylation sites is 1. The van der Waals surface area contributed by atoms with Gasteiger partial charge in [0.25, 0.3) is 10.0 Å². The van der Waals surface area contributed by atoms with Gasteiger partial charge in [-0.3, -0.25) is 13.9 Å². The third-order valence-electron chi connectivity index (χ3n) is 7.37. The van der Waals surface area contributed by atoms with Crippen LogP contribution in [0.4, 0.5) is 5.69 Å². The predicted molar refractivity (Wildman–Crippen MR) is 166 cm³/mol. The Morgan fingerprint density at radius 2 is 1.68 bits per heavy atom. The summed E-state index contributed by atoms with van der Waals surface area (Å²) < 4.78 is 29.7. The summed E-state index contributed by atoms with van der Waals surface area (Å²) in [5.41, 5.74) is 1.89. The molecular formula is C31H35BrClN3O4S. The molecule has 1 atom stereocenters. The van der Waals surface area contributed by atoms with E-state index in [4.69, 9.17) is 11.6 Å². The number of nitrogens with one attached hydrogen (secondary N) is 1. The van der Waals surface area contributed by atoms with Crippen LogP contribution in [0.25, 0.3) is 0 Å². The number of carbonyl (C=O) groups excluding carboxylic acids is 2. The van der Waals surface area contributed by atoms with Crippen LogP contribution in [0.2, 0.25) is 5.02 Å². The summed E-state index contributed by atoms with van der Waals surface area (Å²) >= 11 is 9.94. The molecule has 1 aliphatic carbocycles. The molecule has 0 bridgehead atoms. The summed E-state index contributed by atoms with van der Waals surface area (Å²) in [6.07, 6.45) is 5.09. The number of halogens is 2. The molecule has 41 heavy (non-hydrogen) atoms. The van der Waals surface area contributed by atoms with E-state index in [0.717, 1.165) is 52.0 Å². The molecule has 0 heterocycles. The number of hydrogen-bond donors (Lipinski definition) is 1. The van der Waals surface area contributed by atoms with E-state index in [2.05, 4.69) is 21.2 Å². The highest BCUT2D eigenvalue weighted by Crippen LogP contribution is 2.31. The highest BCUT2D eigenvalue weighted by Gasteiger charge is 2.34. The van der Waals surface area contributed by atoms with Crippen molar-refractivity contribution in [2.75, 3.05) is 10.8 Å². The minimum atomic E-state index is -4.18. The van der Waals surface area contributed by atoms with Crippen molar-refractivity contribution in [3.8, 4) is 0 Å². The second-order valence-corrected chi connectivity index (χ2v) is 13.6. The summed E-state index contributed by atoms with van der Waals surface area (Å²) in [5, 5.41) is 3.30. The number of rotatable bonds is 10. The maximum absolute atomic E-state index is 14.1. The fourth-order valence-corrected chi connectivity index (χ4v) is 7.16. The number of hydrogen-bond acceptors (Lipinski definition) is 4. The largest absolute Gasteiger partial charge is 0.352 e. The van der Waals surface area contributed by atoms with Crippen molar-refractivity contribution in [3.63, 3.8) is 0 Å². The molecular weight excluding hydrogens is 626 g/mol. The van der Waals surface area contributed by atoms with Crippen LogP contribution >= 0.6 is 27.5 Å². The minimum Gasteiger partial charge on any atom is -0.352 e. The first-order chi connectivity index (χ1) is 19.6. The van der Waals surface area contributed by atoms with E-state index in [9.17, 15) is 18.0 Å². The van der Waals surface area contributed by atoms with Crippen molar-refractivity contribution < 1.29 is 18.0 Å². The van der Waals surface area contributed by atoms with Crippen LogP contribution in [0.5, 0.6) is 0 Å². The van der Waals surface area contributed by atoms with E-state index in [1.54, 1.807) is 43.3 Å². The zero-order chi connectivity index (χ0) is 29.6. The number of nitrogens with zero attached hydrogens (tertiary/aromatic N) is 2. The fraction of sp³-hybridized carbons (Fsp3) is 0.355. The van der Waals surface area contributed by atoms with Gasteiger partial charge in [0.1, 0.15) is 12.6 Å². The smallest absolute Gasteiger partial charge is 0.264 e. The Morgan fingerprint density at radius 1 is 1.00 bits per heavy atom. The Bertz CT molecular complexity index is 1480. The fourth-order valence-electron chi connectivity index (χ4n) is 4.99. The van der Waals surface area contributed by atoms with Gasteiger partial charge >= 0.3 is 0 Å². The lowest BCUT2D eigenvalue weighted by Gasteiger charge is -2.33. The first-order valence-corrected chi connectivity index (χ1v) is 16.4. The van der Waals surface area contributed by atoms with Gasteiger partial charge in [-0.2, -0.15) is 0 Å². The molecule has 1 N–H and O–H groups in total. The van der Waals surface area contributed by atoms with Crippen LogP contribution in [0, 0.1) is 6.92 Å². The molecule has 1 saturated carbocycles. The van der Waals surface area contributed by atoms with Crippen LogP contribution in [-0.2, 0) is 26.2 Å². The van der Waals surface area contributed by atoms with Crippen molar-refractivity contribution in [1.82, 2.24) is 10.2 Å². The second-order valence-electron chi connectivity index (χ2n) is 10.4. The SMILES string of the molecule is Cc1ccc(S(=O)(=O)N(CC(=O)N(Cc2cccc(Br)c2)C(C)C(=O)NC2CCCCC2)c2ccccc2Cl)cc1. The van der Waals surface area contributed by atoms with Crippen LogP contribution in [0.3, 0.4) is 0 Å². The van der Waals surface area contributed by atoms with Gasteiger partial charge in [-0.25, -0.2) is 8.42 Å². The normalized spacial score (nSPS) is 14.7. The average Bonchev–Trinajstić information content (AvgIpc) is 2.95. The molecule has 218 valence electrons. The molecule has 1 fully saturated rings. The average molecular weight is 661 g/mol. The first-order valence-electron chi connectivity index (χ1n) is 13.7. The van der Waals surface area contributed by atoms with Crippen molar-refractivity contribution in [1.29, 1.82) is 0 Å². The van der Waals surface area contributed by atoms with Crippen molar-refractivity contribution in [3.05, 3.63) is 93.4 Å². The Morgan fingerprint density at radius 3 is 2.34 bits per heavy atom. The van der Waals surface area contributed by atoms with Crippen molar-refractivity contribution >= 4 is 55.1 Å². The molecule has 0 saturated heterocycles. The lowest BCUT2D eigenvalue weighted by Crippen LogP contribution is -2.53. The Hall–Kier alpha value is -2.88. The molecule has 0 aliphatic heterocycles. The molecule has 3 aromatic carbocycles. The lowest BCUT2D eigenvalue weighted by atomic mass is 9.95. The summed E-state index contributed by atoms with van der Waals surface area (Å²) in [5.74, 6) is -0.780. The zero-order valence-electron chi connectivity index (χ0n) is 23.2. The number of sulfonamides is 1. The molecule has 4 rings (SSSR count). The number of benzene rings is 3. The van der Waals surface area contributed by atoms with Crippen LogP contribution in [0.15, 0.2) is 82.2 Å². The number of amides is 2. The molecule has 0 spiro atoms. The highest BCUT2D eigenvalue weighted by molar-refractivity contribution is 9.10. The van der Waals surface area contributed by atoms with E-state index in [1.165, 1.54) is 17.0 Å². The second kappa shape index (κ2) is 13.9. The van der Waals surface area contributed by atoms with Crippen LogP contribution in [0.1, 0.15) is 50.2 Å². The molecule has 0 aromatic heterocycles. The van der Waals surface area contributed by atoms with Gasteiger partial charge in [-0.05, 0) is 68.7 Å². The Balaban J connectivity index is 1.68. The predicted octanol–water partition coefficient (Wildman–Crippen LogP) is 6.47. The zero-order valence-corrected chi connectivity index (χ0v) is 26.4. The minimum absolute atomic E-state index is 0.0393. The number of aryl methyl sites for hydroxylation is 1. The highest BCUT2D eigenvalue weighted by atomic mass is 79.9. The van der Waals surface area contributed by atoms with Gasteiger partial charge in [-0.15, -0.1) is 0 Å². The van der Waals surface area contributed by atoms with Gasteiger partial charge in [0, 0.05) is 17.1 Å². The third kappa shape index (κ3) is 7.90. The van der Waals surface area contributed by atoms with Gasteiger partial charge < -0.3 is 10.2 Å². The summed E-state index contributed by atoms with van der Waals surface area (Å²) in [4.78, 5) is 29.0. The monoisotopic (exact) mass is 659 g/mol. The summed E-state index contributed by atoms with van der Waals surface area (Å²) in [6, 6.07) is 19.7. The van der Waals surface area contributed by atoms with E-state index in [0.29, 0.717) is 0 Å². The molecule has 1 aliphatic rings. The van der Waals surface area contributed by atoms with E-state index in [-0.39, 0.29) is 34.1 Å². The molecule has 0 radical (unpaired) electrons. The van der Waals surface area contributed by atoms with E-state index in [1.807, 2.05) is 31.2 Å². The summed E-state index contributed by atoms with van der Waals surface area (Å²) in [6.45, 7) is 3.14. The molecule has 7 nitrogen and oxygen atoms in total. The molecule has 10 heteroatoms. The van der Waals surface area contributed by atoms with Gasteiger partial charge in [0.15, 0.2) is 0 Å². The van der Waals surface area contributed by atoms with Gasteiger partial charge in [-0.1, -0.05) is 88.8 Å². The standard InChI is InChI=1S/C31H35BrClN3O4S/c1-22-15-17-27(18-16-22)41(39,40)36(29-14-7-6-13-28(29)33)21-30(37)35(20-24-9-8-10-25(32)19-24)23(2)31(38)34-26-11-4-3-5-12-26/h6-10,13-19,23,26H,3-5,11-12,20-21H2,1-2H3,(H,34,38). The Kier molecular flexibility index (Phi) is 10.5. The number of carbonyl (C=O) groups is 2. The van der Waals surface area contributed by atoms with Crippen LogP contribution < -0.4 is 9.62 Å². The summed E-state index contributed by atoms with van der Waals surface area (Å²) in [7, 11) is -4.18.